The molecule has 6 nitrogen and oxygen atoms in total. The van der Waals surface area contributed by atoms with Crippen LogP contribution in [0, 0.1) is 5.92 Å². The maximum atomic E-state index is 10.8. The second kappa shape index (κ2) is 8.86. The van der Waals surface area contributed by atoms with Crippen molar-refractivity contribution in [1.29, 1.82) is 0 Å². The second-order valence-corrected chi connectivity index (χ2v) is 6.63. The Morgan fingerprint density at radius 2 is 1.68 bits per heavy atom. The summed E-state index contributed by atoms with van der Waals surface area (Å²) in [6.45, 7) is 6.40. The number of nitrogens with zero attached hydrogens (tertiary/aromatic N) is 1. The summed E-state index contributed by atoms with van der Waals surface area (Å²) in [5.41, 5.74) is 0. The van der Waals surface area contributed by atoms with Crippen LogP contribution < -0.4 is 0 Å². The molecule has 0 heterocycles. The second-order valence-electron chi connectivity index (χ2n) is 5.06. The van der Waals surface area contributed by atoms with Gasteiger partial charge in [0.25, 0.3) is 10.1 Å². The fourth-order valence-electron chi connectivity index (χ4n) is 1.65. The highest BCUT2D eigenvalue weighted by Crippen LogP contribution is 2.10. The predicted octanol–water partition coefficient (Wildman–Crippen LogP) is 0.354. The van der Waals surface area contributed by atoms with Crippen molar-refractivity contribution in [2.75, 3.05) is 25.4 Å². The first kappa shape index (κ1) is 18.8. The molecule has 0 spiro atoms. The molecule has 0 fully saturated rings. The summed E-state index contributed by atoms with van der Waals surface area (Å²) < 4.78 is 30.3. The number of rotatable bonds is 10. The Hall–Kier alpha value is -0.210. The van der Waals surface area contributed by atoms with Crippen molar-refractivity contribution in [3.8, 4) is 0 Å². The molecule has 3 unspecified atom stereocenters. The van der Waals surface area contributed by atoms with Gasteiger partial charge in [-0.3, -0.25) is 9.45 Å². The molecular weight excluding hydrogens is 270 g/mol. The van der Waals surface area contributed by atoms with Crippen LogP contribution in [0.2, 0.25) is 0 Å². The van der Waals surface area contributed by atoms with Crippen LogP contribution in [0.3, 0.4) is 0 Å². The summed E-state index contributed by atoms with van der Waals surface area (Å²) in [5.74, 6) is -0.288. The van der Waals surface area contributed by atoms with Crippen molar-refractivity contribution in [2.45, 2.75) is 45.8 Å². The van der Waals surface area contributed by atoms with Crippen LogP contribution in [0.1, 0.15) is 33.6 Å². The topological polar surface area (TPSA) is 98.1 Å². The fourth-order valence-corrected chi connectivity index (χ4v) is 2.13. The van der Waals surface area contributed by atoms with E-state index in [0.29, 0.717) is 19.5 Å². The molecular formula is C12H27NO5S. The number of hydrogen-bond donors (Lipinski definition) is 3. The number of aliphatic hydroxyl groups is 2. The highest BCUT2D eigenvalue weighted by molar-refractivity contribution is 7.85. The molecule has 0 aromatic heterocycles. The van der Waals surface area contributed by atoms with E-state index in [2.05, 4.69) is 0 Å². The van der Waals surface area contributed by atoms with Crippen LogP contribution in [0.15, 0.2) is 0 Å². The molecule has 3 atom stereocenters. The molecule has 0 amide bonds. The maximum absolute atomic E-state index is 10.8. The van der Waals surface area contributed by atoms with Crippen LogP contribution in [0.4, 0.5) is 0 Å². The largest absolute Gasteiger partial charge is 0.392 e. The molecule has 116 valence electrons. The molecule has 0 aliphatic heterocycles. The zero-order chi connectivity index (χ0) is 15.1. The molecule has 7 heteroatoms. The van der Waals surface area contributed by atoms with Crippen molar-refractivity contribution in [3.05, 3.63) is 0 Å². The monoisotopic (exact) mass is 297 g/mol. The van der Waals surface area contributed by atoms with Gasteiger partial charge >= 0.3 is 0 Å². The van der Waals surface area contributed by atoms with Gasteiger partial charge in [0.1, 0.15) is 0 Å². The molecule has 0 aromatic carbocycles. The molecule has 0 saturated heterocycles. The van der Waals surface area contributed by atoms with E-state index >= 15 is 0 Å². The van der Waals surface area contributed by atoms with Gasteiger partial charge in [-0.15, -0.1) is 0 Å². The lowest BCUT2D eigenvalue weighted by molar-refractivity contribution is 0.0456. The molecule has 0 saturated carbocycles. The minimum atomic E-state index is -4.03. The van der Waals surface area contributed by atoms with E-state index in [1.54, 1.807) is 4.90 Å². The van der Waals surface area contributed by atoms with E-state index in [1.165, 1.54) is 0 Å². The predicted molar refractivity (Wildman–Crippen MR) is 74.6 cm³/mol. The van der Waals surface area contributed by atoms with Crippen LogP contribution in [-0.2, 0) is 10.1 Å². The minimum absolute atomic E-state index is 0.101. The summed E-state index contributed by atoms with van der Waals surface area (Å²) in [5, 5.41) is 19.6. The van der Waals surface area contributed by atoms with Gasteiger partial charge in [0.15, 0.2) is 0 Å². The van der Waals surface area contributed by atoms with Crippen molar-refractivity contribution >= 4 is 10.1 Å². The zero-order valence-corrected chi connectivity index (χ0v) is 12.8. The minimum Gasteiger partial charge on any atom is -0.392 e. The Bertz CT molecular complexity index is 333. The van der Waals surface area contributed by atoms with Crippen molar-refractivity contribution in [1.82, 2.24) is 4.90 Å². The lowest BCUT2D eigenvalue weighted by Gasteiger charge is -2.28. The third-order valence-corrected chi connectivity index (χ3v) is 4.05. The van der Waals surface area contributed by atoms with E-state index in [9.17, 15) is 18.6 Å². The lowest BCUT2D eigenvalue weighted by atomic mass is 10.0. The van der Waals surface area contributed by atoms with E-state index in [1.807, 2.05) is 20.8 Å². The quantitative estimate of drug-likeness (QED) is 0.503. The van der Waals surface area contributed by atoms with Gasteiger partial charge in [-0.05, 0) is 12.3 Å². The maximum Gasteiger partial charge on any atom is 0.266 e. The fraction of sp³-hybridized carbons (Fsp3) is 1.00. The van der Waals surface area contributed by atoms with Crippen LogP contribution in [0.5, 0.6) is 0 Å². The Kier molecular flexibility index (Phi) is 8.76. The van der Waals surface area contributed by atoms with Crippen LogP contribution >= 0.6 is 0 Å². The van der Waals surface area contributed by atoms with E-state index in [4.69, 9.17) is 4.55 Å². The van der Waals surface area contributed by atoms with E-state index < -0.39 is 28.1 Å². The van der Waals surface area contributed by atoms with Gasteiger partial charge in [0, 0.05) is 19.6 Å². The van der Waals surface area contributed by atoms with Crippen LogP contribution in [0.25, 0.3) is 0 Å². The average molecular weight is 297 g/mol. The summed E-state index contributed by atoms with van der Waals surface area (Å²) >= 11 is 0. The third kappa shape index (κ3) is 9.34. The summed E-state index contributed by atoms with van der Waals surface area (Å²) in [4.78, 5) is 1.68. The molecule has 3 N–H and O–H groups in total. The van der Waals surface area contributed by atoms with Gasteiger partial charge in [-0.2, -0.15) is 8.42 Å². The van der Waals surface area contributed by atoms with Crippen molar-refractivity contribution in [2.24, 2.45) is 5.92 Å². The highest BCUT2D eigenvalue weighted by atomic mass is 32.2. The normalized spacial score (nSPS) is 17.4. The Morgan fingerprint density at radius 3 is 2.11 bits per heavy atom. The lowest BCUT2D eigenvalue weighted by Crippen LogP contribution is -2.42. The van der Waals surface area contributed by atoms with Crippen LogP contribution in [-0.4, -0.2) is 65.7 Å². The summed E-state index contributed by atoms with van der Waals surface area (Å²) in [6, 6.07) is 0. The van der Waals surface area contributed by atoms with Crippen molar-refractivity contribution < 1.29 is 23.2 Å². The molecule has 19 heavy (non-hydrogen) atoms. The van der Waals surface area contributed by atoms with Crippen molar-refractivity contribution in [3.63, 3.8) is 0 Å². The number of hydrogen-bond acceptors (Lipinski definition) is 5. The molecule has 0 aliphatic rings. The highest BCUT2D eigenvalue weighted by Gasteiger charge is 2.20. The Labute approximate surface area is 116 Å². The standard InChI is InChI=1S/C12H27NO5S/c1-4-10(3)12(15)9-13(8-11(14)5-2)6-7-19(16,17)18/h10-12,14-15H,4-9H2,1-3H3,(H,16,17,18). The zero-order valence-electron chi connectivity index (χ0n) is 12.0. The third-order valence-electron chi connectivity index (χ3n) is 3.35. The first-order valence-electron chi connectivity index (χ1n) is 6.73. The smallest absolute Gasteiger partial charge is 0.266 e. The Morgan fingerprint density at radius 1 is 1.11 bits per heavy atom. The Balaban J connectivity index is 4.48. The molecule has 0 radical (unpaired) electrons. The molecule has 0 aliphatic carbocycles. The van der Waals surface area contributed by atoms with E-state index in [0.717, 1.165) is 6.42 Å². The molecule has 0 bridgehead atoms. The van der Waals surface area contributed by atoms with E-state index in [-0.39, 0.29) is 12.5 Å². The van der Waals surface area contributed by atoms with Gasteiger partial charge in [-0.1, -0.05) is 27.2 Å². The average Bonchev–Trinajstić information content (AvgIpc) is 2.33. The van der Waals surface area contributed by atoms with Gasteiger partial charge in [-0.25, -0.2) is 0 Å². The first-order chi connectivity index (χ1) is 8.69. The summed E-state index contributed by atoms with van der Waals surface area (Å²) in [6.07, 6.45) is 0.242. The van der Waals surface area contributed by atoms with Gasteiger partial charge < -0.3 is 10.2 Å². The first-order valence-corrected chi connectivity index (χ1v) is 8.34. The van der Waals surface area contributed by atoms with Gasteiger partial charge in [0.05, 0.1) is 18.0 Å². The number of aliphatic hydroxyl groups excluding tert-OH is 2. The summed E-state index contributed by atoms with van der Waals surface area (Å²) in [7, 11) is -4.03. The molecule has 0 rings (SSSR count). The van der Waals surface area contributed by atoms with Gasteiger partial charge in [0.2, 0.25) is 0 Å². The molecule has 0 aromatic rings. The SMILES string of the molecule is CCC(O)CN(CCS(=O)(=O)O)CC(O)C(C)CC.